The Morgan fingerprint density at radius 1 is 0.364 bits per heavy atom. The third-order valence-electron chi connectivity index (χ3n) is 11.7. The van der Waals surface area contributed by atoms with Gasteiger partial charge in [-0.2, -0.15) is 0 Å². The lowest BCUT2D eigenvalue weighted by Crippen LogP contribution is -2.66. The second kappa shape index (κ2) is 25.1. The second-order valence-electron chi connectivity index (χ2n) is 16.5. The highest BCUT2D eigenvalue weighted by Gasteiger charge is 2.54. The van der Waals surface area contributed by atoms with E-state index in [0.717, 1.165) is 33.4 Å². The van der Waals surface area contributed by atoms with E-state index in [4.69, 9.17) is 47.4 Å². The number of ether oxygens (including phenoxy) is 10. The highest BCUT2D eigenvalue weighted by Crippen LogP contribution is 2.35. The van der Waals surface area contributed by atoms with Crippen molar-refractivity contribution >= 4 is 0 Å². The molecule has 0 amide bonds. The molecule has 346 valence electrons. The summed E-state index contributed by atoms with van der Waals surface area (Å²) in [6, 6.07) is 59.4. The van der Waals surface area contributed by atoms with E-state index in [1.165, 1.54) is 0 Å². The van der Waals surface area contributed by atoms with E-state index in [9.17, 15) is 5.11 Å². The molecule has 0 saturated carbocycles. The molecule has 6 aromatic rings. The van der Waals surface area contributed by atoms with Crippen LogP contribution in [0.2, 0.25) is 0 Å². The zero-order valence-corrected chi connectivity index (χ0v) is 37.3. The summed E-state index contributed by atoms with van der Waals surface area (Å²) >= 11 is 0. The Morgan fingerprint density at radius 2 is 0.667 bits per heavy atom. The number of hydrogen-bond acceptors (Lipinski definition) is 11. The normalized spacial score (nSPS) is 25.4. The highest BCUT2D eigenvalue weighted by atomic mass is 16.8. The molecule has 11 heteroatoms. The Balaban J connectivity index is 1.10. The summed E-state index contributed by atoms with van der Waals surface area (Å²) in [4.78, 5) is 0. The maximum absolute atomic E-state index is 12.5. The zero-order chi connectivity index (χ0) is 45.2. The van der Waals surface area contributed by atoms with Crippen LogP contribution in [0, 0.1) is 0 Å². The van der Waals surface area contributed by atoms with Crippen molar-refractivity contribution in [2.45, 2.75) is 101 Å². The van der Waals surface area contributed by atoms with Gasteiger partial charge in [0.05, 0.1) is 52.9 Å². The third kappa shape index (κ3) is 13.5. The quantitative estimate of drug-likeness (QED) is 0.0668. The molecule has 2 aliphatic rings. The third-order valence-corrected chi connectivity index (χ3v) is 11.7. The number of rotatable bonds is 23. The topological polar surface area (TPSA) is 113 Å². The van der Waals surface area contributed by atoms with Gasteiger partial charge in [-0.3, -0.25) is 0 Å². The molecule has 0 aromatic heterocycles. The van der Waals surface area contributed by atoms with Crippen molar-refractivity contribution in [1.82, 2.24) is 0 Å². The fraction of sp³-hybridized carbons (Fsp3) is 0.345. The predicted octanol–water partition coefficient (Wildman–Crippen LogP) is 8.60. The van der Waals surface area contributed by atoms with Gasteiger partial charge in [-0.05, 0) is 33.4 Å². The van der Waals surface area contributed by atoms with Crippen LogP contribution >= 0.6 is 0 Å². The lowest BCUT2D eigenvalue weighted by atomic mass is 9.96. The average molecular weight is 897 g/mol. The number of benzene rings is 6. The largest absolute Gasteiger partial charge is 0.385 e. The Bertz CT molecular complexity index is 2220. The maximum atomic E-state index is 12.5. The first-order chi connectivity index (χ1) is 32.6. The lowest BCUT2D eigenvalue weighted by molar-refractivity contribution is -0.377. The predicted molar refractivity (Wildman–Crippen MR) is 247 cm³/mol. The van der Waals surface area contributed by atoms with Crippen molar-refractivity contribution in [3.05, 3.63) is 215 Å². The van der Waals surface area contributed by atoms with Gasteiger partial charge in [-0.15, -0.1) is 0 Å². The summed E-state index contributed by atoms with van der Waals surface area (Å²) in [5.74, 6) is 0. The van der Waals surface area contributed by atoms with Crippen LogP contribution in [0.4, 0.5) is 0 Å². The Hall–Kier alpha value is -5.12. The first kappa shape index (κ1) is 47.4. The zero-order valence-electron chi connectivity index (χ0n) is 37.3. The molecule has 66 heavy (non-hydrogen) atoms. The van der Waals surface area contributed by atoms with Crippen LogP contribution in [0.15, 0.2) is 182 Å². The minimum absolute atomic E-state index is 0.110. The number of hydrogen-bond donors (Lipinski definition) is 1. The summed E-state index contributed by atoms with van der Waals surface area (Å²) in [5, 5.41) is 12.5. The molecule has 2 aliphatic heterocycles. The van der Waals surface area contributed by atoms with E-state index in [1.54, 1.807) is 7.11 Å². The SMILES string of the molecule is CO[C@H]1OC(COCc2ccccc2)[C@@H](OCc2ccccc2)C(OCc2ccccc2)C1O[C@H]1OC(COCc2ccccc2)[C@@H](OCc2ccccc2)C(OCc2ccccc2)C1O. The lowest BCUT2D eigenvalue weighted by Gasteiger charge is -2.49. The van der Waals surface area contributed by atoms with E-state index in [1.807, 2.05) is 182 Å². The first-order valence-electron chi connectivity index (χ1n) is 22.6. The molecule has 6 unspecified atom stereocenters. The van der Waals surface area contributed by atoms with Gasteiger partial charge in [-0.25, -0.2) is 0 Å². The summed E-state index contributed by atoms with van der Waals surface area (Å²) in [6.45, 7) is 1.93. The van der Waals surface area contributed by atoms with E-state index >= 15 is 0 Å². The molecule has 11 nitrogen and oxygen atoms in total. The van der Waals surface area contributed by atoms with Crippen molar-refractivity contribution in [2.24, 2.45) is 0 Å². The van der Waals surface area contributed by atoms with Gasteiger partial charge in [0.2, 0.25) is 0 Å². The fourth-order valence-electron chi connectivity index (χ4n) is 8.23. The van der Waals surface area contributed by atoms with E-state index in [0.29, 0.717) is 13.2 Å². The van der Waals surface area contributed by atoms with Crippen molar-refractivity contribution in [2.75, 3.05) is 20.3 Å². The molecule has 0 aliphatic carbocycles. The maximum Gasteiger partial charge on any atom is 0.187 e. The minimum atomic E-state index is -1.34. The molecule has 0 radical (unpaired) electrons. The monoisotopic (exact) mass is 896 g/mol. The molecule has 0 bridgehead atoms. The Morgan fingerprint density at radius 3 is 1.03 bits per heavy atom. The van der Waals surface area contributed by atoms with Gasteiger partial charge in [0.1, 0.15) is 48.8 Å². The summed E-state index contributed by atoms with van der Waals surface area (Å²) in [6.07, 6.45) is -9.20. The average Bonchev–Trinajstić information content (AvgIpc) is 3.37. The van der Waals surface area contributed by atoms with Crippen LogP contribution in [-0.2, 0) is 87.0 Å². The van der Waals surface area contributed by atoms with Crippen LogP contribution in [0.3, 0.4) is 0 Å². The molecule has 1 N–H and O–H groups in total. The summed E-state index contributed by atoms with van der Waals surface area (Å²) in [5.41, 5.74) is 5.84. The standard InChI is InChI=1S/C55H60O11/c1-57-55-53(52(63-37-45-30-18-7-19-31-45)50(61-35-43-26-14-5-15-27-43)47(65-55)39-59-33-41-22-10-3-11-23-41)66-54-48(56)51(62-36-44-28-16-6-17-29-44)49(60-34-42-24-12-4-13-25-42)46(64-54)38-58-32-40-20-8-2-9-21-40/h2-31,46-56H,32-39H2,1H3/t46?,47?,48?,49-,50-,51?,52?,53?,54-,55+/m1/s1. The molecule has 10 atom stereocenters. The van der Waals surface area contributed by atoms with E-state index < -0.39 is 61.4 Å². The Kier molecular flexibility index (Phi) is 18.0. The summed E-state index contributed by atoms with van der Waals surface area (Å²) < 4.78 is 66.3. The van der Waals surface area contributed by atoms with Gasteiger partial charge < -0.3 is 52.5 Å². The van der Waals surface area contributed by atoms with Crippen LogP contribution in [0.25, 0.3) is 0 Å². The van der Waals surface area contributed by atoms with E-state index in [2.05, 4.69) is 0 Å². The number of aliphatic hydroxyl groups excluding tert-OH is 1. The Labute approximate surface area is 388 Å². The van der Waals surface area contributed by atoms with Crippen molar-refractivity contribution in [3.63, 3.8) is 0 Å². The van der Waals surface area contributed by atoms with Gasteiger partial charge in [0.25, 0.3) is 0 Å². The fourth-order valence-corrected chi connectivity index (χ4v) is 8.23. The highest BCUT2D eigenvalue weighted by molar-refractivity contribution is 5.18. The summed E-state index contributed by atoms with van der Waals surface area (Å²) in [7, 11) is 1.56. The van der Waals surface area contributed by atoms with Gasteiger partial charge in [-0.1, -0.05) is 182 Å². The van der Waals surface area contributed by atoms with Crippen LogP contribution in [-0.4, -0.2) is 86.8 Å². The van der Waals surface area contributed by atoms with Crippen LogP contribution in [0.1, 0.15) is 33.4 Å². The molecule has 2 saturated heterocycles. The van der Waals surface area contributed by atoms with Crippen molar-refractivity contribution in [1.29, 1.82) is 0 Å². The molecule has 2 fully saturated rings. The van der Waals surface area contributed by atoms with Gasteiger partial charge in [0.15, 0.2) is 12.6 Å². The van der Waals surface area contributed by atoms with Gasteiger partial charge in [0, 0.05) is 7.11 Å². The molecule has 2 heterocycles. The van der Waals surface area contributed by atoms with Crippen molar-refractivity contribution in [3.8, 4) is 0 Å². The van der Waals surface area contributed by atoms with Gasteiger partial charge >= 0.3 is 0 Å². The van der Waals surface area contributed by atoms with Crippen LogP contribution < -0.4 is 0 Å². The smallest absolute Gasteiger partial charge is 0.187 e. The molecular weight excluding hydrogens is 837 g/mol. The molecule has 8 rings (SSSR count). The number of methoxy groups -OCH3 is 1. The first-order valence-corrected chi connectivity index (χ1v) is 22.6. The number of aliphatic hydroxyl groups is 1. The second-order valence-corrected chi connectivity index (χ2v) is 16.5. The van der Waals surface area contributed by atoms with E-state index in [-0.39, 0.29) is 39.6 Å². The minimum Gasteiger partial charge on any atom is -0.385 e. The van der Waals surface area contributed by atoms with Crippen molar-refractivity contribution < 1.29 is 52.5 Å². The molecular formula is C55H60O11. The van der Waals surface area contributed by atoms with Crippen LogP contribution in [0.5, 0.6) is 0 Å². The molecule has 6 aromatic carbocycles. The molecule has 0 spiro atoms.